The molecule has 0 unspecified atom stereocenters. The minimum atomic E-state index is -0.423. The van der Waals surface area contributed by atoms with Crippen molar-refractivity contribution in [2.75, 3.05) is 121 Å². The molecule has 12 nitrogen and oxygen atoms in total. The zero-order valence-corrected chi connectivity index (χ0v) is 28.4. The van der Waals surface area contributed by atoms with Crippen LogP contribution in [0.15, 0.2) is 58.3 Å². The molecule has 256 valence electrons. The molecule has 0 atom stereocenters. The average molecular weight is 688 g/mol. The summed E-state index contributed by atoms with van der Waals surface area (Å²) in [4.78, 5) is 46.8. The Hall–Kier alpha value is -2.69. The third-order valence-corrected chi connectivity index (χ3v) is 10.3. The first-order valence-corrected chi connectivity index (χ1v) is 18.1. The zero-order valence-electron chi connectivity index (χ0n) is 26.7. The van der Waals surface area contributed by atoms with Crippen molar-refractivity contribution in [2.24, 2.45) is 0 Å². The molecule has 2 aromatic rings. The van der Waals surface area contributed by atoms with E-state index in [2.05, 4.69) is 20.4 Å². The molecule has 0 spiro atoms. The highest BCUT2D eigenvalue weighted by molar-refractivity contribution is 8.00. The molecule has 0 aliphatic carbocycles. The molecular formula is C33H45N5O7S2. The molecule has 2 N–H and O–H groups in total. The van der Waals surface area contributed by atoms with Crippen LogP contribution in [0.2, 0.25) is 0 Å². The molecule has 2 amide bonds. The Kier molecular flexibility index (Phi) is 14.7. The first-order valence-electron chi connectivity index (χ1n) is 16.1. The second-order valence-electron chi connectivity index (χ2n) is 11.5. The molecule has 5 rings (SSSR count). The van der Waals surface area contributed by atoms with Crippen molar-refractivity contribution in [3.05, 3.63) is 48.5 Å². The Balaban J connectivity index is 1.20. The van der Waals surface area contributed by atoms with Crippen molar-refractivity contribution in [2.45, 2.75) is 15.9 Å². The van der Waals surface area contributed by atoms with Crippen LogP contribution in [0.4, 0.5) is 11.4 Å². The van der Waals surface area contributed by atoms with Gasteiger partial charge in [-0.05, 0) is 24.3 Å². The normalized spacial score (nSPS) is 18.1. The quantitative estimate of drug-likeness (QED) is 0.211. The number of carbonyl (C=O) groups is 3. The van der Waals surface area contributed by atoms with Gasteiger partial charge in [-0.1, -0.05) is 24.3 Å². The van der Waals surface area contributed by atoms with Crippen LogP contribution in [0.1, 0.15) is 0 Å². The summed E-state index contributed by atoms with van der Waals surface area (Å²) in [5, 5.41) is 6.13. The Bertz CT molecular complexity index is 1220. The third kappa shape index (κ3) is 12.4. The van der Waals surface area contributed by atoms with E-state index in [0.717, 1.165) is 47.3 Å². The highest BCUT2D eigenvalue weighted by Crippen LogP contribution is 2.32. The van der Waals surface area contributed by atoms with E-state index >= 15 is 0 Å². The largest absolute Gasteiger partial charge is 0.460 e. The second-order valence-corrected chi connectivity index (χ2v) is 13.6. The number of nitrogens with one attached hydrogen (secondary N) is 2. The summed E-state index contributed by atoms with van der Waals surface area (Å²) in [5.41, 5.74) is 1.46. The number of para-hydroxylation sites is 2. The number of ether oxygens (including phenoxy) is 4. The Labute approximate surface area is 285 Å². The summed E-state index contributed by atoms with van der Waals surface area (Å²) in [6.07, 6.45) is -0.423. The predicted octanol–water partition coefficient (Wildman–Crippen LogP) is 2.36. The van der Waals surface area contributed by atoms with Gasteiger partial charge in [0, 0.05) is 60.6 Å². The van der Waals surface area contributed by atoms with E-state index in [-0.39, 0.29) is 24.3 Å². The van der Waals surface area contributed by atoms with Crippen molar-refractivity contribution < 1.29 is 33.3 Å². The molecule has 0 saturated carbocycles. The van der Waals surface area contributed by atoms with E-state index in [1.165, 1.54) is 0 Å². The second kappa shape index (κ2) is 19.3. The summed E-state index contributed by atoms with van der Waals surface area (Å²) in [7, 11) is 0. The van der Waals surface area contributed by atoms with Gasteiger partial charge in [0.1, 0.15) is 6.10 Å². The minimum absolute atomic E-state index is 0.0729. The van der Waals surface area contributed by atoms with E-state index in [1.54, 1.807) is 23.5 Å². The molecule has 0 bridgehead atoms. The Morgan fingerprint density at radius 3 is 1.43 bits per heavy atom. The molecule has 3 aliphatic heterocycles. The van der Waals surface area contributed by atoms with Gasteiger partial charge in [0.2, 0.25) is 11.8 Å². The van der Waals surface area contributed by atoms with E-state index in [9.17, 15) is 14.4 Å². The molecule has 2 aromatic carbocycles. The zero-order chi connectivity index (χ0) is 32.7. The highest BCUT2D eigenvalue weighted by atomic mass is 32.2. The van der Waals surface area contributed by atoms with Gasteiger partial charge >= 0.3 is 5.97 Å². The number of hydrogen-bond donors (Lipinski definition) is 2. The molecule has 14 heteroatoms. The summed E-state index contributed by atoms with van der Waals surface area (Å²) in [6, 6.07) is 15.4. The van der Waals surface area contributed by atoms with Crippen molar-refractivity contribution in [3.8, 4) is 0 Å². The topological polar surface area (TPSA) is 122 Å². The van der Waals surface area contributed by atoms with Crippen LogP contribution in [0.5, 0.6) is 0 Å². The number of amides is 2. The maximum atomic E-state index is 13.1. The van der Waals surface area contributed by atoms with Gasteiger partial charge in [0.25, 0.3) is 0 Å². The van der Waals surface area contributed by atoms with Gasteiger partial charge in [-0.25, -0.2) is 0 Å². The van der Waals surface area contributed by atoms with E-state index < -0.39 is 6.10 Å². The number of nitrogens with zero attached hydrogens (tertiary/aromatic N) is 3. The third-order valence-electron chi connectivity index (χ3n) is 7.87. The lowest BCUT2D eigenvalue weighted by Crippen LogP contribution is -2.41. The Morgan fingerprint density at radius 1 is 0.617 bits per heavy atom. The maximum absolute atomic E-state index is 13.1. The van der Waals surface area contributed by atoms with Gasteiger partial charge in [-0.3, -0.25) is 29.1 Å². The lowest BCUT2D eigenvalue weighted by Gasteiger charge is -2.27. The van der Waals surface area contributed by atoms with E-state index in [0.29, 0.717) is 77.3 Å². The van der Waals surface area contributed by atoms with Crippen LogP contribution in [0, 0.1) is 0 Å². The molecule has 3 fully saturated rings. The van der Waals surface area contributed by atoms with Crippen LogP contribution in [-0.2, 0) is 33.3 Å². The molecule has 47 heavy (non-hydrogen) atoms. The SMILES string of the molecule is O=C(CN1CCOCC1)Nc1ccccc1SCC(CSc1ccccc1NC(=O)CN1CCOCC1)OC(=O)CN1CCOCC1. The number of hydrogen-bond acceptors (Lipinski definition) is 12. The average Bonchev–Trinajstić information content (AvgIpc) is 3.08. The van der Waals surface area contributed by atoms with Crippen LogP contribution in [0.3, 0.4) is 0 Å². The highest BCUT2D eigenvalue weighted by Gasteiger charge is 2.22. The molecule has 3 aliphatic rings. The number of esters is 1. The van der Waals surface area contributed by atoms with Crippen LogP contribution >= 0.6 is 23.5 Å². The molecule has 3 heterocycles. The number of rotatable bonds is 15. The fourth-order valence-electron chi connectivity index (χ4n) is 5.34. The van der Waals surface area contributed by atoms with Crippen molar-refractivity contribution in [1.29, 1.82) is 0 Å². The van der Waals surface area contributed by atoms with Gasteiger partial charge < -0.3 is 29.6 Å². The van der Waals surface area contributed by atoms with Gasteiger partial charge in [0.05, 0.1) is 70.7 Å². The standard InChI is InChI=1S/C33H45N5O7S2/c39-31(21-36-9-15-42-16-10-36)34-27-5-1-3-7-29(27)46-24-26(45-33(41)23-38-13-19-44-20-14-38)25-47-30-8-4-2-6-28(30)35-32(40)22-37-11-17-43-18-12-37/h1-8,26H,9-25H2,(H,34,39)(H,35,40). The van der Waals surface area contributed by atoms with Crippen LogP contribution in [0.25, 0.3) is 0 Å². The lowest BCUT2D eigenvalue weighted by atomic mass is 10.3. The number of benzene rings is 2. The summed E-state index contributed by atoms with van der Waals surface area (Å²) >= 11 is 3.09. The van der Waals surface area contributed by atoms with Crippen LogP contribution < -0.4 is 10.6 Å². The fraction of sp³-hybridized carbons (Fsp3) is 0.545. The van der Waals surface area contributed by atoms with Gasteiger partial charge in [-0.2, -0.15) is 0 Å². The molecular weight excluding hydrogens is 643 g/mol. The smallest absolute Gasteiger partial charge is 0.320 e. The van der Waals surface area contributed by atoms with E-state index in [1.807, 2.05) is 53.4 Å². The fourth-order valence-corrected chi connectivity index (χ4v) is 7.49. The molecule has 3 saturated heterocycles. The number of anilines is 2. The number of morpholine rings is 3. The monoisotopic (exact) mass is 687 g/mol. The van der Waals surface area contributed by atoms with E-state index in [4.69, 9.17) is 18.9 Å². The van der Waals surface area contributed by atoms with Gasteiger partial charge in [0.15, 0.2) is 0 Å². The number of carbonyl (C=O) groups excluding carboxylic acids is 3. The first-order chi connectivity index (χ1) is 23.0. The Morgan fingerprint density at radius 2 is 1.00 bits per heavy atom. The minimum Gasteiger partial charge on any atom is -0.460 e. The van der Waals surface area contributed by atoms with Crippen molar-refractivity contribution in [3.63, 3.8) is 0 Å². The molecule has 0 radical (unpaired) electrons. The van der Waals surface area contributed by atoms with Crippen molar-refractivity contribution in [1.82, 2.24) is 14.7 Å². The predicted molar refractivity (Wildman–Crippen MR) is 183 cm³/mol. The summed E-state index contributed by atoms with van der Waals surface area (Å²) in [6.45, 7) is 8.89. The number of thioether (sulfide) groups is 2. The summed E-state index contributed by atoms with van der Waals surface area (Å²) in [5.74, 6) is 0.554. The van der Waals surface area contributed by atoms with Crippen molar-refractivity contribution >= 4 is 52.7 Å². The van der Waals surface area contributed by atoms with Crippen LogP contribution in [-0.4, -0.2) is 149 Å². The summed E-state index contributed by atoms with van der Waals surface area (Å²) < 4.78 is 22.3. The lowest BCUT2D eigenvalue weighted by molar-refractivity contribution is -0.149. The maximum Gasteiger partial charge on any atom is 0.320 e. The first kappa shape index (κ1) is 35.6. The molecule has 0 aromatic heterocycles. The van der Waals surface area contributed by atoms with Gasteiger partial charge in [-0.15, -0.1) is 23.5 Å².